The Hall–Kier alpha value is -2.64. The van der Waals surface area contributed by atoms with Crippen molar-refractivity contribution >= 4 is 27.5 Å². The van der Waals surface area contributed by atoms with Crippen LogP contribution < -0.4 is 0 Å². The zero-order valence-corrected chi connectivity index (χ0v) is 14.2. The first-order valence-electron chi connectivity index (χ1n) is 8.00. The third kappa shape index (κ3) is 3.13. The largest absolute Gasteiger partial charge is 0.454 e. The maximum absolute atomic E-state index is 13.7. The highest BCUT2D eigenvalue weighted by molar-refractivity contribution is 6.18. The monoisotopic (exact) mass is 385 g/mol. The normalized spacial score (nSPS) is 12.7. The van der Waals surface area contributed by atoms with Gasteiger partial charge in [0.2, 0.25) is 0 Å². The molecule has 0 atom stereocenters. The standard InChI is InChI=1S/C19H13F6NO/c1-3-14-9(2)15(18(20,21)22)13-8-12(17(27)19(23,24)25)10-6-4-5-7-11(10)16(13)26-14/h4-8H,3H2,1-2H3. The number of nitrogens with zero attached hydrogens (tertiary/aromatic N) is 1. The van der Waals surface area contributed by atoms with Crippen LogP contribution >= 0.6 is 0 Å². The summed E-state index contributed by atoms with van der Waals surface area (Å²) >= 11 is 0. The van der Waals surface area contributed by atoms with Crippen LogP contribution in [0.4, 0.5) is 26.3 Å². The Kier molecular flexibility index (Phi) is 4.40. The highest BCUT2D eigenvalue weighted by Gasteiger charge is 2.41. The molecule has 0 amide bonds. The van der Waals surface area contributed by atoms with Gasteiger partial charge in [0.05, 0.1) is 11.1 Å². The Bertz CT molecular complexity index is 1070. The number of carbonyl (C=O) groups excluding carboxylic acids is 1. The molecule has 0 saturated heterocycles. The molecule has 0 spiro atoms. The minimum atomic E-state index is -5.21. The van der Waals surface area contributed by atoms with Crippen LogP contribution in [0.5, 0.6) is 0 Å². The van der Waals surface area contributed by atoms with Crippen LogP contribution in [-0.2, 0) is 12.6 Å². The lowest BCUT2D eigenvalue weighted by molar-refractivity contribution is -0.136. The highest BCUT2D eigenvalue weighted by Crippen LogP contribution is 2.41. The van der Waals surface area contributed by atoms with E-state index in [-0.39, 0.29) is 34.0 Å². The molecular weight excluding hydrogens is 372 g/mol. The van der Waals surface area contributed by atoms with Crippen molar-refractivity contribution in [2.75, 3.05) is 0 Å². The molecule has 8 heteroatoms. The zero-order valence-electron chi connectivity index (χ0n) is 14.2. The Morgan fingerprint density at radius 3 is 2.11 bits per heavy atom. The molecule has 1 heterocycles. The number of alkyl halides is 6. The Morgan fingerprint density at radius 1 is 1.00 bits per heavy atom. The molecule has 27 heavy (non-hydrogen) atoms. The van der Waals surface area contributed by atoms with Gasteiger partial charge in [-0.25, -0.2) is 0 Å². The van der Waals surface area contributed by atoms with E-state index in [2.05, 4.69) is 4.98 Å². The SMILES string of the molecule is CCc1nc2c(cc(C(=O)C(F)(F)F)c3ccccc32)c(C(F)(F)F)c1C. The van der Waals surface area contributed by atoms with Gasteiger partial charge in [-0.2, -0.15) is 26.3 Å². The number of ketones is 1. The minimum absolute atomic E-state index is 0.0703. The molecule has 0 aliphatic rings. The van der Waals surface area contributed by atoms with Crippen molar-refractivity contribution < 1.29 is 31.1 Å². The summed E-state index contributed by atoms with van der Waals surface area (Å²) in [7, 11) is 0. The third-order valence-corrected chi connectivity index (χ3v) is 4.46. The van der Waals surface area contributed by atoms with Gasteiger partial charge in [-0.05, 0) is 30.4 Å². The van der Waals surface area contributed by atoms with Crippen LogP contribution in [0, 0.1) is 6.92 Å². The van der Waals surface area contributed by atoms with Crippen molar-refractivity contribution in [1.82, 2.24) is 4.98 Å². The molecule has 0 radical (unpaired) electrons. The van der Waals surface area contributed by atoms with Crippen molar-refractivity contribution in [2.45, 2.75) is 32.6 Å². The summed E-state index contributed by atoms with van der Waals surface area (Å²) in [6.45, 7) is 2.87. The number of aromatic nitrogens is 1. The first-order chi connectivity index (χ1) is 12.5. The van der Waals surface area contributed by atoms with E-state index in [1.807, 2.05) is 0 Å². The summed E-state index contributed by atoms with van der Waals surface area (Å²) < 4.78 is 80.2. The molecule has 0 N–H and O–H groups in total. The molecule has 2 aromatic carbocycles. The van der Waals surface area contributed by atoms with Gasteiger partial charge in [-0.15, -0.1) is 0 Å². The molecule has 1 aromatic heterocycles. The van der Waals surface area contributed by atoms with Crippen molar-refractivity contribution in [3.63, 3.8) is 0 Å². The smallest absolute Gasteiger partial charge is 0.284 e. The van der Waals surface area contributed by atoms with E-state index < -0.39 is 34.6 Å². The number of aryl methyl sites for hydroxylation is 1. The van der Waals surface area contributed by atoms with E-state index in [0.29, 0.717) is 6.07 Å². The minimum Gasteiger partial charge on any atom is -0.284 e. The van der Waals surface area contributed by atoms with Crippen LogP contribution in [-0.4, -0.2) is 16.9 Å². The second kappa shape index (κ2) is 6.21. The molecule has 0 saturated carbocycles. The van der Waals surface area contributed by atoms with Gasteiger partial charge in [0, 0.05) is 22.0 Å². The van der Waals surface area contributed by atoms with Crippen molar-refractivity contribution in [2.24, 2.45) is 0 Å². The lowest BCUT2D eigenvalue weighted by atomic mass is 9.92. The molecule has 0 unspecified atom stereocenters. The fraction of sp³-hybridized carbons (Fsp3) is 0.263. The number of fused-ring (bicyclic) bond motifs is 3. The van der Waals surface area contributed by atoms with E-state index in [1.165, 1.54) is 31.2 Å². The lowest BCUT2D eigenvalue weighted by Gasteiger charge is -2.19. The number of Topliss-reactive ketones (excluding diaryl/α,β-unsaturated/α-hetero) is 1. The van der Waals surface area contributed by atoms with Crippen LogP contribution in [0.3, 0.4) is 0 Å². The molecule has 3 rings (SSSR count). The van der Waals surface area contributed by atoms with E-state index >= 15 is 0 Å². The zero-order chi connectivity index (χ0) is 20.1. The number of hydrogen-bond acceptors (Lipinski definition) is 2. The van der Waals surface area contributed by atoms with E-state index in [9.17, 15) is 31.1 Å². The quantitative estimate of drug-likeness (QED) is 0.307. The van der Waals surface area contributed by atoms with Crippen LogP contribution in [0.2, 0.25) is 0 Å². The second-order valence-corrected chi connectivity index (χ2v) is 6.10. The summed E-state index contributed by atoms with van der Waals surface area (Å²) in [6, 6.07) is 6.20. The Balaban J connectivity index is 2.59. The predicted molar refractivity (Wildman–Crippen MR) is 88.8 cm³/mol. The van der Waals surface area contributed by atoms with E-state index in [1.54, 1.807) is 6.92 Å². The molecule has 0 aliphatic heterocycles. The van der Waals surface area contributed by atoms with Gasteiger partial charge in [0.1, 0.15) is 0 Å². The first kappa shape index (κ1) is 19.1. The van der Waals surface area contributed by atoms with Crippen molar-refractivity contribution in [1.29, 1.82) is 0 Å². The number of halogens is 6. The number of benzene rings is 2. The molecule has 142 valence electrons. The average Bonchev–Trinajstić information content (AvgIpc) is 2.57. The first-order valence-corrected chi connectivity index (χ1v) is 8.00. The van der Waals surface area contributed by atoms with Crippen LogP contribution in [0.25, 0.3) is 21.7 Å². The summed E-state index contributed by atoms with van der Waals surface area (Å²) in [5, 5.41) is -0.523. The van der Waals surface area contributed by atoms with Crippen LogP contribution in [0.1, 0.15) is 34.1 Å². The highest BCUT2D eigenvalue weighted by atomic mass is 19.4. The number of rotatable bonds is 2. The predicted octanol–water partition coefficient (Wildman–Crippen LogP) is 6.02. The van der Waals surface area contributed by atoms with Crippen molar-refractivity contribution in [3.05, 3.63) is 52.7 Å². The van der Waals surface area contributed by atoms with E-state index in [4.69, 9.17) is 0 Å². The topological polar surface area (TPSA) is 30.0 Å². The molecule has 2 nitrogen and oxygen atoms in total. The summed E-state index contributed by atoms with van der Waals surface area (Å²) in [6.07, 6.45) is -9.79. The summed E-state index contributed by atoms with van der Waals surface area (Å²) in [5.41, 5.74) is -1.90. The third-order valence-electron chi connectivity index (χ3n) is 4.46. The molecular formula is C19H13F6NO. The van der Waals surface area contributed by atoms with Gasteiger partial charge in [-0.3, -0.25) is 9.78 Å². The van der Waals surface area contributed by atoms with Gasteiger partial charge in [0.15, 0.2) is 0 Å². The fourth-order valence-electron chi connectivity index (χ4n) is 3.29. The second-order valence-electron chi connectivity index (χ2n) is 6.10. The number of carbonyl (C=O) groups is 1. The molecule has 0 fully saturated rings. The Labute approximate surface area is 149 Å². The van der Waals surface area contributed by atoms with Gasteiger partial charge in [0.25, 0.3) is 5.78 Å². The molecule has 0 bridgehead atoms. The number of hydrogen-bond donors (Lipinski definition) is 0. The lowest BCUT2D eigenvalue weighted by Crippen LogP contribution is -2.23. The Morgan fingerprint density at radius 2 is 1.59 bits per heavy atom. The molecule has 0 aliphatic carbocycles. The van der Waals surface area contributed by atoms with Gasteiger partial charge < -0.3 is 0 Å². The summed E-state index contributed by atoms with van der Waals surface area (Å²) in [5.74, 6) is -2.19. The maximum atomic E-state index is 13.7. The molecule has 3 aromatic rings. The average molecular weight is 385 g/mol. The van der Waals surface area contributed by atoms with Gasteiger partial charge in [-0.1, -0.05) is 31.2 Å². The summed E-state index contributed by atoms with van der Waals surface area (Å²) in [4.78, 5) is 16.1. The van der Waals surface area contributed by atoms with Crippen molar-refractivity contribution in [3.8, 4) is 0 Å². The van der Waals surface area contributed by atoms with Gasteiger partial charge >= 0.3 is 12.4 Å². The van der Waals surface area contributed by atoms with Crippen LogP contribution in [0.15, 0.2) is 30.3 Å². The fourth-order valence-corrected chi connectivity index (χ4v) is 3.29. The maximum Gasteiger partial charge on any atom is 0.454 e. The van der Waals surface area contributed by atoms with E-state index in [0.717, 1.165) is 0 Å². The number of pyridine rings is 1.